The van der Waals surface area contributed by atoms with Gasteiger partial charge in [-0.1, -0.05) is 23.7 Å². The van der Waals surface area contributed by atoms with Gasteiger partial charge in [0.15, 0.2) is 0 Å². The molecule has 2 rings (SSSR count). The topological polar surface area (TPSA) is 72.2 Å². The fraction of sp³-hybridized carbons (Fsp3) is 0. The Kier molecular flexibility index (Phi) is 4.97. The number of amides is 1. The lowest BCUT2D eigenvalue weighted by Crippen LogP contribution is -2.13. The monoisotopic (exact) mass is 432 g/mol. The van der Waals surface area contributed by atoms with E-state index in [0.717, 1.165) is 0 Å². The van der Waals surface area contributed by atoms with E-state index in [1.165, 1.54) is 12.1 Å². The number of carbonyl (C=O) groups excluding carboxylic acids is 1. The van der Waals surface area contributed by atoms with Gasteiger partial charge < -0.3 is 5.32 Å². The molecular formula is C13H7Br2ClN2O3. The number of nitro benzene ring substituents is 1. The molecule has 0 aliphatic carbocycles. The third-order valence-electron chi connectivity index (χ3n) is 2.59. The van der Waals surface area contributed by atoms with Crippen LogP contribution in [0.15, 0.2) is 45.3 Å². The molecule has 8 heteroatoms. The molecule has 0 unspecified atom stereocenters. The van der Waals surface area contributed by atoms with Gasteiger partial charge in [0, 0.05) is 21.1 Å². The summed E-state index contributed by atoms with van der Waals surface area (Å²) in [6, 6.07) is 9.23. The van der Waals surface area contributed by atoms with E-state index in [4.69, 9.17) is 11.6 Å². The molecule has 21 heavy (non-hydrogen) atoms. The van der Waals surface area contributed by atoms with Gasteiger partial charge in [-0.2, -0.15) is 0 Å². The van der Waals surface area contributed by atoms with Crippen LogP contribution in [0.4, 0.5) is 11.4 Å². The molecule has 5 nitrogen and oxygen atoms in total. The molecule has 1 N–H and O–H groups in total. The van der Waals surface area contributed by atoms with Gasteiger partial charge in [-0.05, 0) is 44.0 Å². The summed E-state index contributed by atoms with van der Waals surface area (Å²) in [7, 11) is 0. The van der Waals surface area contributed by atoms with Gasteiger partial charge in [-0.15, -0.1) is 0 Å². The second-order valence-electron chi connectivity index (χ2n) is 3.98. The number of nitrogens with one attached hydrogen (secondary N) is 1. The molecule has 0 saturated carbocycles. The predicted molar refractivity (Wildman–Crippen MR) is 87.9 cm³/mol. The molecule has 0 atom stereocenters. The van der Waals surface area contributed by atoms with E-state index in [-0.39, 0.29) is 5.69 Å². The van der Waals surface area contributed by atoms with E-state index in [2.05, 4.69) is 37.2 Å². The molecule has 0 aliphatic rings. The summed E-state index contributed by atoms with van der Waals surface area (Å²) < 4.78 is 0.785. The first kappa shape index (κ1) is 15.9. The first-order valence-electron chi connectivity index (χ1n) is 5.59. The van der Waals surface area contributed by atoms with Gasteiger partial charge in [0.2, 0.25) is 0 Å². The zero-order valence-electron chi connectivity index (χ0n) is 10.3. The van der Waals surface area contributed by atoms with Crippen LogP contribution in [0.25, 0.3) is 0 Å². The minimum atomic E-state index is -0.519. The largest absolute Gasteiger partial charge is 0.320 e. The quantitative estimate of drug-likeness (QED) is 0.544. The van der Waals surface area contributed by atoms with Gasteiger partial charge in [-0.25, -0.2) is 0 Å². The van der Waals surface area contributed by atoms with Crippen molar-refractivity contribution in [1.82, 2.24) is 0 Å². The highest BCUT2D eigenvalue weighted by molar-refractivity contribution is 9.11. The summed E-state index contributed by atoms with van der Waals surface area (Å²) in [4.78, 5) is 22.4. The number of rotatable bonds is 3. The smallest absolute Gasteiger partial charge is 0.271 e. The molecule has 0 saturated heterocycles. The fourth-order valence-corrected chi connectivity index (χ4v) is 3.19. The maximum Gasteiger partial charge on any atom is 0.271 e. The Morgan fingerprint density at radius 2 is 1.76 bits per heavy atom. The van der Waals surface area contributed by atoms with Crippen LogP contribution in [0, 0.1) is 10.1 Å². The van der Waals surface area contributed by atoms with Crippen LogP contribution in [-0.2, 0) is 0 Å². The second kappa shape index (κ2) is 6.55. The number of benzene rings is 2. The lowest BCUT2D eigenvalue weighted by atomic mass is 10.2. The number of nitrogens with zero attached hydrogens (tertiary/aromatic N) is 1. The van der Waals surface area contributed by atoms with Crippen molar-refractivity contribution in [2.75, 3.05) is 5.32 Å². The lowest BCUT2D eigenvalue weighted by Gasteiger charge is -2.10. The minimum absolute atomic E-state index is 0.0931. The lowest BCUT2D eigenvalue weighted by molar-refractivity contribution is -0.385. The maximum atomic E-state index is 12.2. The normalized spacial score (nSPS) is 10.2. The molecule has 0 aromatic heterocycles. The number of nitro groups is 1. The van der Waals surface area contributed by atoms with Crippen LogP contribution in [0.1, 0.15) is 10.4 Å². The summed E-state index contributed by atoms with van der Waals surface area (Å²) in [6.07, 6.45) is 0. The molecule has 2 aromatic carbocycles. The Morgan fingerprint density at radius 1 is 1.19 bits per heavy atom. The van der Waals surface area contributed by atoms with Crippen LogP contribution < -0.4 is 5.32 Å². The van der Waals surface area contributed by atoms with Crippen LogP contribution in [0.5, 0.6) is 0 Å². The Labute approximate surface area is 141 Å². The highest BCUT2D eigenvalue weighted by atomic mass is 79.9. The summed E-state index contributed by atoms with van der Waals surface area (Å²) >= 11 is 12.4. The van der Waals surface area contributed by atoms with Crippen LogP contribution in [0.2, 0.25) is 5.02 Å². The van der Waals surface area contributed by atoms with Gasteiger partial charge in [0.1, 0.15) is 0 Å². The summed E-state index contributed by atoms with van der Waals surface area (Å²) in [5.74, 6) is -0.407. The van der Waals surface area contributed by atoms with E-state index in [9.17, 15) is 14.9 Å². The zero-order valence-corrected chi connectivity index (χ0v) is 14.2. The van der Waals surface area contributed by atoms with E-state index >= 15 is 0 Å². The Balaban J connectivity index is 2.34. The van der Waals surface area contributed by atoms with Gasteiger partial charge in [-0.3, -0.25) is 14.9 Å². The standard InChI is InChI=1S/C13H7Br2ClN2O3/c14-9-5-7(18(20)21)6-10(15)12(9)17-13(19)8-3-1-2-4-11(8)16/h1-6H,(H,17,19). The van der Waals surface area contributed by atoms with E-state index in [1.54, 1.807) is 24.3 Å². The van der Waals surface area contributed by atoms with Crippen molar-refractivity contribution in [3.8, 4) is 0 Å². The van der Waals surface area contributed by atoms with Gasteiger partial charge in [0.05, 0.1) is 21.2 Å². The highest BCUT2D eigenvalue weighted by Gasteiger charge is 2.17. The Hall–Kier alpha value is -1.44. The van der Waals surface area contributed by atoms with Crippen molar-refractivity contribution >= 4 is 60.7 Å². The molecule has 0 aliphatic heterocycles. The average Bonchev–Trinajstić information content (AvgIpc) is 2.42. The van der Waals surface area contributed by atoms with Crippen LogP contribution in [0.3, 0.4) is 0 Å². The number of non-ortho nitro benzene ring substituents is 1. The molecule has 2 aromatic rings. The third-order valence-corrected chi connectivity index (χ3v) is 4.18. The average molecular weight is 434 g/mol. The minimum Gasteiger partial charge on any atom is -0.320 e. The van der Waals surface area contributed by atoms with Crippen molar-refractivity contribution in [1.29, 1.82) is 0 Å². The molecule has 1 amide bonds. The molecule has 0 spiro atoms. The number of hydrogen-bond acceptors (Lipinski definition) is 3. The van der Waals surface area contributed by atoms with E-state index in [0.29, 0.717) is 25.2 Å². The van der Waals surface area contributed by atoms with E-state index < -0.39 is 10.8 Å². The number of hydrogen-bond donors (Lipinski definition) is 1. The summed E-state index contributed by atoms with van der Waals surface area (Å²) in [5, 5.41) is 13.7. The van der Waals surface area contributed by atoms with Crippen molar-refractivity contribution in [2.45, 2.75) is 0 Å². The first-order valence-corrected chi connectivity index (χ1v) is 7.56. The van der Waals surface area contributed by atoms with Crippen molar-refractivity contribution < 1.29 is 9.72 Å². The first-order chi connectivity index (χ1) is 9.90. The number of halogens is 3. The summed E-state index contributed by atoms with van der Waals surface area (Å²) in [5.41, 5.74) is 0.617. The molecular weight excluding hydrogens is 427 g/mol. The highest BCUT2D eigenvalue weighted by Crippen LogP contribution is 2.35. The molecule has 0 bridgehead atoms. The zero-order chi connectivity index (χ0) is 15.6. The summed E-state index contributed by atoms with van der Waals surface area (Å²) in [6.45, 7) is 0. The van der Waals surface area contributed by atoms with E-state index in [1.807, 2.05) is 0 Å². The fourth-order valence-electron chi connectivity index (χ4n) is 1.61. The maximum absolute atomic E-state index is 12.2. The molecule has 0 heterocycles. The number of carbonyl (C=O) groups is 1. The molecule has 0 fully saturated rings. The number of anilines is 1. The molecule has 0 radical (unpaired) electrons. The van der Waals surface area contributed by atoms with Crippen molar-refractivity contribution in [3.63, 3.8) is 0 Å². The van der Waals surface area contributed by atoms with Crippen LogP contribution in [-0.4, -0.2) is 10.8 Å². The Bertz CT molecular complexity index is 714. The van der Waals surface area contributed by atoms with Gasteiger partial charge in [0.25, 0.3) is 11.6 Å². The molecule has 108 valence electrons. The van der Waals surface area contributed by atoms with Crippen molar-refractivity contribution in [2.24, 2.45) is 0 Å². The predicted octanol–water partition coefficient (Wildman–Crippen LogP) is 5.03. The van der Waals surface area contributed by atoms with Crippen molar-refractivity contribution in [3.05, 3.63) is 66.0 Å². The van der Waals surface area contributed by atoms with Gasteiger partial charge >= 0.3 is 0 Å². The SMILES string of the molecule is O=C(Nc1c(Br)cc([N+](=O)[O-])cc1Br)c1ccccc1Cl. The second-order valence-corrected chi connectivity index (χ2v) is 6.09. The Morgan fingerprint density at radius 3 is 2.29 bits per heavy atom. The third kappa shape index (κ3) is 3.61. The van der Waals surface area contributed by atoms with Crippen LogP contribution >= 0.6 is 43.5 Å².